The maximum absolute atomic E-state index is 11.3. The van der Waals surface area contributed by atoms with Crippen molar-refractivity contribution in [1.29, 1.82) is 0 Å². The fourth-order valence-electron chi connectivity index (χ4n) is 3.76. The number of fused-ring (bicyclic) bond motifs is 1. The number of thioether (sulfide) groups is 1. The Morgan fingerprint density at radius 3 is 2.47 bits per heavy atom. The second-order valence-corrected chi connectivity index (χ2v) is 9.65. The lowest BCUT2D eigenvalue weighted by molar-refractivity contribution is 0.0693. The summed E-state index contributed by atoms with van der Waals surface area (Å²) in [6, 6.07) is 23.5. The molecule has 7 heteroatoms. The third-order valence-corrected chi connectivity index (χ3v) is 6.95. The first-order valence-corrected chi connectivity index (χ1v) is 12.8. The van der Waals surface area contributed by atoms with Crippen molar-refractivity contribution in [2.24, 2.45) is 0 Å². The van der Waals surface area contributed by atoms with Crippen LogP contribution in [0.2, 0.25) is 5.02 Å². The summed E-state index contributed by atoms with van der Waals surface area (Å²) in [5.41, 5.74) is 3.18. The van der Waals surface area contributed by atoms with Crippen LogP contribution in [0.1, 0.15) is 41.6 Å². The van der Waals surface area contributed by atoms with Gasteiger partial charge in [0.05, 0.1) is 5.56 Å². The third kappa shape index (κ3) is 6.55. The van der Waals surface area contributed by atoms with Crippen LogP contribution in [0.3, 0.4) is 0 Å². The minimum absolute atomic E-state index is 0.378. The standard InChI is InChI=1S/C27H27ClN2O3S/c28-21-15-13-20(14-16-21)19-30(27-29-23-10-4-5-11-24(23)33-27)17-7-1-2-8-18-34-25-12-6-3-9-22(25)26(31)32/h3-6,9-16H,1-2,7-8,17-19H2,(H,31,32). The Hall–Kier alpha value is -2.96. The predicted molar refractivity (Wildman–Crippen MR) is 139 cm³/mol. The first kappa shape index (κ1) is 24.2. The van der Waals surface area contributed by atoms with Crippen molar-refractivity contribution in [3.63, 3.8) is 0 Å². The molecule has 0 saturated heterocycles. The number of anilines is 1. The van der Waals surface area contributed by atoms with Gasteiger partial charge >= 0.3 is 5.97 Å². The van der Waals surface area contributed by atoms with Crippen LogP contribution in [0.15, 0.2) is 82.1 Å². The molecule has 0 aliphatic heterocycles. The molecular formula is C27H27ClN2O3S. The number of oxazole rings is 1. The Balaban J connectivity index is 1.29. The predicted octanol–water partition coefficient (Wildman–Crippen LogP) is 7.54. The van der Waals surface area contributed by atoms with Crippen molar-refractivity contribution in [2.45, 2.75) is 37.1 Å². The van der Waals surface area contributed by atoms with E-state index in [1.54, 1.807) is 23.9 Å². The molecule has 1 aromatic heterocycles. The lowest BCUT2D eigenvalue weighted by atomic mass is 10.2. The highest BCUT2D eigenvalue weighted by atomic mass is 35.5. The van der Waals surface area contributed by atoms with Gasteiger partial charge in [-0.1, -0.05) is 60.8 Å². The summed E-state index contributed by atoms with van der Waals surface area (Å²) < 4.78 is 6.04. The number of carbonyl (C=O) groups is 1. The van der Waals surface area contributed by atoms with Gasteiger partial charge in [-0.2, -0.15) is 4.98 Å². The molecular weight excluding hydrogens is 468 g/mol. The van der Waals surface area contributed by atoms with Crippen LogP contribution in [0, 0.1) is 0 Å². The first-order valence-electron chi connectivity index (χ1n) is 11.4. The molecule has 0 unspecified atom stereocenters. The van der Waals surface area contributed by atoms with Crippen molar-refractivity contribution in [3.05, 3.63) is 88.9 Å². The number of nitrogens with zero attached hydrogens (tertiary/aromatic N) is 2. The van der Waals surface area contributed by atoms with Gasteiger partial charge in [-0.15, -0.1) is 11.8 Å². The van der Waals surface area contributed by atoms with Crippen molar-refractivity contribution in [2.75, 3.05) is 17.2 Å². The number of para-hydroxylation sites is 2. The van der Waals surface area contributed by atoms with Crippen LogP contribution in [0.4, 0.5) is 6.01 Å². The largest absolute Gasteiger partial charge is 0.478 e. The summed E-state index contributed by atoms with van der Waals surface area (Å²) in [4.78, 5) is 19.1. The lowest BCUT2D eigenvalue weighted by Gasteiger charge is -2.20. The van der Waals surface area contributed by atoms with E-state index in [0.717, 1.165) is 64.6 Å². The monoisotopic (exact) mass is 494 g/mol. The SMILES string of the molecule is O=C(O)c1ccccc1SCCCCCCN(Cc1ccc(Cl)cc1)c1nc2ccccc2o1. The second kappa shape index (κ2) is 12.0. The maximum atomic E-state index is 11.3. The summed E-state index contributed by atoms with van der Waals surface area (Å²) in [5, 5.41) is 10.0. The molecule has 0 amide bonds. The molecule has 5 nitrogen and oxygen atoms in total. The molecule has 0 spiro atoms. The van der Waals surface area contributed by atoms with Crippen LogP contribution in [0.5, 0.6) is 0 Å². The number of unbranched alkanes of at least 4 members (excludes halogenated alkanes) is 3. The molecule has 0 radical (unpaired) electrons. The minimum Gasteiger partial charge on any atom is -0.478 e. The number of hydrogen-bond donors (Lipinski definition) is 1. The van der Waals surface area contributed by atoms with Gasteiger partial charge in [0.1, 0.15) is 5.52 Å². The summed E-state index contributed by atoms with van der Waals surface area (Å²) in [5.74, 6) is 0.0345. The van der Waals surface area contributed by atoms with Gasteiger partial charge in [-0.25, -0.2) is 4.79 Å². The van der Waals surface area contributed by atoms with Crippen LogP contribution in [-0.4, -0.2) is 28.4 Å². The van der Waals surface area contributed by atoms with E-state index in [9.17, 15) is 9.90 Å². The van der Waals surface area contributed by atoms with Crippen molar-refractivity contribution in [3.8, 4) is 0 Å². The highest BCUT2D eigenvalue weighted by Crippen LogP contribution is 2.26. The van der Waals surface area contributed by atoms with Gasteiger partial charge in [0, 0.05) is 23.0 Å². The summed E-state index contributed by atoms with van der Waals surface area (Å²) >= 11 is 7.67. The molecule has 3 aromatic carbocycles. The van der Waals surface area contributed by atoms with Gasteiger partial charge in [0.2, 0.25) is 0 Å². The molecule has 1 heterocycles. The minimum atomic E-state index is -0.872. The number of aromatic nitrogens is 1. The zero-order chi connectivity index (χ0) is 23.8. The highest BCUT2D eigenvalue weighted by Gasteiger charge is 2.15. The average Bonchev–Trinajstić information content (AvgIpc) is 3.28. The number of halogens is 1. The molecule has 4 aromatic rings. The molecule has 0 saturated carbocycles. The van der Waals surface area contributed by atoms with Crippen molar-refractivity contribution in [1.82, 2.24) is 4.98 Å². The van der Waals surface area contributed by atoms with E-state index in [1.807, 2.05) is 60.7 Å². The van der Waals surface area contributed by atoms with Gasteiger partial charge in [-0.05, 0) is 60.6 Å². The molecule has 4 rings (SSSR count). The Bertz CT molecular complexity index is 1190. The molecule has 0 fully saturated rings. The van der Waals surface area contributed by atoms with E-state index in [0.29, 0.717) is 18.1 Å². The number of aromatic carboxylic acids is 1. The van der Waals surface area contributed by atoms with Gasteiger partial charge < -0.3 is 14.4 Å². The molecule has 0 bridgehead atoms. The number of carboxylic acids is 1. The quantitative estimate of drug-likeness (QED) is 0.162. The number of benzene rings is 3. The van der Waals surface area contributed by atoms with Crippen LogP contribution in [-0.2, 0) is 6.54 Å². The second-order valence-electron chi connectivity index (χ2n) is 8.08. The highest BCUT2D eigenvalue weighted by molar-refractivity contribution is 7.99. The lowest BCUT2D eigenvalue weighted by Crippen LogP contribution is -2.24. The topological polar surface area (TPSA) is 66.6 Å². The fraction of sp³-hybridized carbons (Fsp3) is 0.259. The zero-order valence-electron chi connectivity index (χ0n) is 18.8. The summed E-state index contributed by atoms with van der Waals surface area (Å²) in [6.07, 6.45) is 4.23. The molecule has 0 aliphatic carbocycles. The molecule has 176 valence electrons. The molecule has 1 N–H and O–H groups in total. The molecule has 34 heavy (non-hydrogen) atoms. The van der Waals surface area contributed by atoms with E-state index in [4.69, 9.17) is 21.0 Å². The Labute approximate surface area is 208 Å². The Morgan fingerprint density at radius 2 is 1.68 bits per heavy atom. The molecule has 0 aliphatic rings. The summed E-state index contributed by atoms with van der Waals surface area (Å²) in [7, 11) is 0. The number of rotatable bonds is 12. The van der Waals surface area contributed by atoms with Crippen LogP contribution < -0.4 is 4.90 Å². The van der Waals surface area contributed by atoms with Gasteiger partial charge in [0.15, 0.2) is 5.58 Å². The fourth-order valence-corrected chi connectivity index (χ4v) is 4.94. The van der Waals surface area contributed by atoms with Crippen molar-refractivity contribution < 1.29 is 14.3 Å². The zero-order valence-corrected chi connectivity index (χ0v) is 20.4. The van der Waals surface area contributed by atoms with E-state index < -0.39 is 5.97 Å². The van der Waals surface area contributed by atoms with Gasteiger partial charge in [0.25, 0.3) is 6.01 Å². The van der Waals surface area contributed by atoms with Crippen molar-refractivity contribution >= 4 is 46.4 Å². The van der Waals surface area contributed by atoms with Gasteiger partial charge in [-0.3, -0.25) is 0 Å². The number of hydrogen-bond acceptors (Lipinski definition) is 5. The van der Waals surface area contributed by atoms with E-state index >= 15 is 0 Å². The van der Waals surface area contributed by atoms with E-state index in [-0.39, 0.29) is 0 Å². The Kier molecular flexibility index (Phi) is 8.50. The van der Waals surface area contributed by atoms with Crippen LogP contribution in [0.25, 0.3) is 11.1 Å². The van der Waals surface area contributed by atoms with E-state index in [2.05, 4.69) is 4.90 Å². The third-order valence-electron chi connectivity index (χ3n) is 5.54. The first-order chi connectivity index (χ1) is 16.6. The molecule has 0 atom stereocenters. The van der Waals surface area contributed by atoms with E-state index in [1.165, 1.54) is 0 Å². The smallest absolute Gasteiger partial charge is 0.336 e. The number of carboxylic acid groups (broad SMARTS) is 1. The average molecular weight is 495 g/mol. The Morgan fingerprint density at radius 1 is 0.941 bits per heavy atom. The maximum Gasteiger partial charge on any atom is 0.336 e. The normalized spacial score (nSPS) is 11.1. The van der Waals surface area contributed by atoms with Crippen LogP contribution >= 0.6 is 23.4 Å². The summed E-state index contributed by atoms with van der Waals surface area (Å²) in [6.45, 7) is 1.54.